The lowest BCUT2D eigenvalue weighted by Crippen LogP contribution is -2.17. The highest BCUT2D eigenvalue weighted by molar-refractivity contribution is 7.85. The van der Waals surface area contributed by atoms with Gasteiger partial charge in [0.25, 0.3) is 10.1 Å². The highest BCUT2D eigenvalue weighted by Gasteiger charge is 2.33. The van der Waals surface area contributed by atoms with Crippen LogP contribution in [-0.2, 0) is 10.1 Å². The number of ether oxygens (including phenoxy) is 1. The number of hydrogen-bond acceptors (Lipinski definition) is 5. The zero-order chi connectivity index (χ0) is 29.6. The van der Waals surface area contributed by atoms with Crippen molar-refractivity contribution in [2.24, 2.45) is 0 Å². The summed E-state index contributed by atoms with van der Waals surface area (Å²) in [5.41, 5.74) is 5.29. The van der Waals surface area contributed by atoms with E-state index >= 15 is 0 Å². The predicted octanol–water partition coefficient (Wildman–Crippen LogP) is 9.06. The van der Waals surface area contributed by atoms with Gasteiger partial charge in [-0.05, 0) is 48.0 Å². The standard InChI is InChI=1S/C33H26Cl2N2O4S/c1-36(28-12-6-4-10-26(28)34)21-15-17-23-30(19-21)41-31-20-22(37(2)29-13-7-5-11-27(29)35)16-18-24(31)33(23)25-9-3-8-14-32(25)42(38,39)40/h3-20,33H,1-2H3,(H,38,39,40). The minimum Gasteiger partial charge on any atom is -0.457 e. The fourth-order valence-electron chi connectivity index (χ4n) is 5.42. The summed E-state index contributed by atoms with van der Waals surface area (Å²) in [5, 5.41) is 1.22. The second-order valence-corrected chi connectivity index (χ2v) is 12.2. The lowest BCUT2D eigenvalue weighted by atomic mass is 9.82. The molecule has 0 amide bonds. The van der Waals surface area contributed by atoms with Crippen molar-refractivity contribution in [3.05, 3.63) is 136 Å². The van der Waals surface area contributed by atoms with E-state index in [0.717, 1.165) is 33.9 Å². The molecule has 1 heterocycles. The number of anilines is 4. The monoisotopic (exact) mass is 616 g/mol. The highest BCUT2D eigenvalue weighted by atomic mass is 35.5. The van der Waals surface area contributed by atoms with E-state index in [2.05, 4.69) is 0 Å². The molecule has 1 aliphatic rings. The van der Waals surface area contributed by atoms with E-state index < -0.39 is 16.0 Å². The molecule has 5 aromatic rings. The van der Waals surface area contributed by atoms with Crippen LogP contribution in [0.15, 0.2) is 114 Å². The molecule has 5 aromatic carbocycles. The molecule has 0 unspecified atom stereocenters. The summed E-state index contributed by atoms with van der Waals surface area (Å²) in [6.07, 6.45) is 0. The van der Waals surface area contributed by atoms with Crippen LogP contribution in [0.5, 0.6) is 11.5 Å². The summed E-state index contributed by atoms with van der Waals surface area (Å²) in [6, 6.07) is 33.2. The zero-order valence-corrected chi connectivity index (χ0v) is 25.0. The average Bonchev–Trinajstić information content (AvgIpc) is 2.98. The number of halogens is 2. The Labute approximate surface area is 255 Å². The number of para-hydroxylation sites is 2. The van der Waals surface area contributed by atoms with E-state index in [1.807, 2.05) is 109 Å². The van der Waals surface area contributed by atoms with Crippen LogP contribution in [0.3, 0.4) is 0 Å². The molecule has 0 aliphatic carbocycles. The SMILES string of the molecule is CN(c1ccc2c(c1)Oc1cc(N(C)c3ccccc3Cl)ccc1C2c1ccccc1S(=O)(=O)O)c1ccccc1Cl. The molecule has 6 nitrogen and oxygen atoms in total. The lowest BCUT2D eigenvalue weighted by Gasteiger charge is -2.32. The van der Waals surface area contributed by atoms with Gasteiger partial charge in [-0.15, -0.1) is 0 Å². The molecule has 1 N–H and O–H groups in total. The summed E-state index contributed by atoms with van der Waals surface area (Å²) in [7, 11) is -0.663. The maximum absolute atomic E-state index is 12.5. The van der Waals surface area contributed by atoms with E-state index in [9.17, 15) is 13.0 Å². The Hall–Kier alpha value is -4.01. The van der Waals surface area contributed by atoms with E-state index in [4.69, 9.17) is 27.9 Å². The topological polar surface area (TPSA) is 70.1 Å². The Morgan fingerprint density at radius 1 is 0.643 bits per heavy atom. The number of nitrogens with zero attached hydrogens (tertiary/aromatic N) is 2. The van der Waals surface area contributed by atoms with Crippen molar-refractivity contribution in [1.82, 2.24) is 0 Å². The molecular formula is C33H26Cl2N2O4S. The molecule has 6 rings (SSSR count). The van der Waals surface area contributed by atoms with Crippen molar-refractivity contribution in [1.29, 1.82) is 0 Å². The van der Waals surface area contributed by atoms with Gasteiger partial charge in [-0.1, -0.05) is 77.8 Å². The molecule has 0 aromatic heterocycles. The van der Waals surface area contributed by atoms with Crippen molar-refractivity contribution in [3.8, 4) is 11.5 Å². The third-order valence-electron chi connectivity index (χ3n) is 7.55. The van der Waals surface area contributed by atoms with Gasteiger partial charge in [0.1, 0.15) is 11.5 Å². The van der Waals surface area contributed by atoms with Crippen LogP contribution in [0.25, 0.3) is 0 Å². The van der Waals surface area contributed by atoms with Crippen molar-refractivity contribution in [2.75, 3.05) is 23.9 Å². The molecular weight excluding hydrogens is 591 g/mol. The summed E-state index contributed by atoms with van der Waals surface area (Å²) in [4.78, 5) is 3.78. The number of hydrogen-bond donors (Lipinski definition) is 1. The van der Waals surface area contributed by atoms with Gasteiger partial charge in [-0.25, -0.2) is 0 Å². The van der Waals surface area contributed by atoms with Crippen LogP contribution in [-0.4, -0.2) is 27.1 Å². The van der Waals surface area contributed by atoms with Gasteiger partial charge in [0, 0.05) is 54.6 Å². The van der Waals surface area contributed by atoms with Gasteiger partial charge >= 0.3 is 0 Å². The molecule has 212 valence electrons. The Morgan fingerprint density at radius 2 is 1.10 bits per heavy atom. The molecule has 0 atom stereocenters. The van der Waals surface area contributed by atoms with Crippen LogP contribution in [0.2, 0.25) is 10.0 Å². The van der Waals surface area contributed by atoms with E-state index in [1.165, 1.54) is 6.07 Å². The predicted molar refractivity (Wildman–Crippen MR) is 169 cm³/mol. The fourth-order valence-corrected chi connectivity index (χ4v) is 6.68. The Balaban J connectivity index is 1.52. The fraction of sp³-hybridized carbons (Fsp3) is 0.0909. The first-order valence-electron chi connectivity index (χ1n) is 13.1. The molecule has 0 bridgehead atoms. The number of benzene rings is 5. The van der Waals surface area contributed by atoms with Gasteiger partial charge in [-0.3, -0.25) is 4.55 Å². The smallest absolute Gasteiger partial charge is 0.294 e. The van der Waals surface area contributed by atoms with Crippen molar-refractivity contribution in [2.45, 2.75) is 10.8 Å². The minimum absolute atomic E-state index is 0.150. The number of rotatable bonds is 6. The van der Waals surface area contributed by atoms with Crippen molar-refractivity contribution < 1.29 is 17.7 Å². The lowest BCUT2D eigenvalue weighted by molar-refractivity contribution is 0.451. The van der Waals surface area contributed by atoms with Crippen LogP contribution in [0.1, 0.15) is 22.6 Å². The first-order chi connectivity index (χ1) is 20.1. The molecule has 9 heteroatoms. The maximum atomic E-state index is 12.5. The molecule has 0 fully saturated rings. The van der Waals surface area contributed by atoms with E-state index in [-0.39, 0.29) is 4.90 Å². The molecule has 0 saturated carbocycles. The van der Waals surface area contributed by atoms with Gasteiger partial charge in [0.2, 0.25) is 0 Å². The summed E-state index contributed by atoms with van der Waals surface area (Å²) in [5.74, 6) is 0.597. The third kappa shape index (κ3) is 5.10. The van der Waals surface area contributed by atoms with Gasteiger partial charge in [-0.2, -0.15) is 8.42 Å². The van der Waals surface area contributed by atoms with E-state index in [0.29, 0.717) is 27.1 Å². The first-order valence-corrected chi connectivity index (χ1v) is 15.3. The quantitative estimate of drug-likeness (QED) is 0.188. The van der Waals surface area contributed by atoms with Crippen LogP contribution < -0.4 is 14.5 Å². The summed E-state index contributed by atoms with van der Waals surface area (Å²) in [6.45, 7) is 0. The van der Waals surface area contributed by atoms with Crippen LogP contribution in [0, 0.1) is 0 Å². The minimum atomic E-state index is -4.50. The second kappa shape index (κ2) is 11.0. The zero-order valence-electron chi connectivity index (χ0n) is 22.7. The molecule has 0 saturated heterocycles. The van der Waals surface area contributed by atoms with Crippen molar-refractivity contribution in [3.63, 3.8) is 0 Å². The van der Waals surface area contributed by atoms with Crippen LogP contribution in [0.4, 0.5) is 22.7 Å². The largest absolute Gasteiger partial charge is 0.457 e. The molecule has 0 radical (unpaired) electrons. The van der Waals surface area contributed by atoms with Gasteiger partial charge in [0.05, 0.1) is 26.3 Å². The Bertz CT molecular complexity index is 1830. The van der Waals surface area contributed by atoms with Crippen LogP contribution >= 0.6 is 23.2 Å². The number of fused-ring (bicyclic) bond motifs is 2. The first kappa shape index (κ1) is 28.1. The second-order valence-electron chi connectivity index (χ2n) is 10.0. The summed E-state index contributed by atoms with van der Waals surface area (Å²) < 4.78 is 41.6. The normalized spacial score (nSPS) is 12.7. The van der Waals surface area contributed by atoms with Crippen molar-refractivity contribution >= 4 is 56.1 Å². The third-order valence-corrected chi connectivity index (χ3v) is 9.11. The summed E-state index contributed by atoms with van der Waals surface area (Å²) >= 11 is 13.0. The Kier molecular flexibility index (Phi) is 7.37. The van der Waals surface area contributed by atoms with Gasteiger partial charge in [0.15, 0.2) is 0 Å². The average molecular weight is 618 g/mol. The maximum Gasteiger partial charge on any atom is 0.294 e. The highest BCUT2D eigenvalue weighted by Crippen LogP contribution is 2.51. The molecule has 0 spiro atoms. The molecule has 1 aliphatic heterocycles. The Morgan fingerprint density at radius 3 is 1.57 bits per heavy atom. The van der Waals surface area contributed by atoms with Gasteiger partial charge < -0.3 is 14.5 Å². The molecule has 42 heavy (non-hydrogen) atoms. The van der Waals surface area contributed by atoms with E-state index in [1.54, 1.807) is 18.2 Å².